The molecule has 0 fully saturated rings. The molecule has 2 rings (SSSR count). The van der Waals surface area contributed by atoms with Gasteiger partial charge in [-0.25, -0.2) is 0 Å². The van der Waals surface area contributed by atoms with Crippen molar-refractivity contribution >= 4 is 11.3 Å². The Morgan fingerprint density at radius 1 is 1.58 bits per heavy atom. The predicted octanol–water partition coefficient (Wildman–Crippen LogP) is 2.26. The Balaban J connectivity index is 2.48. The maximum absolute atomic E-state index is 4.34. The van der Waals surface area contributed by atoms with E-state index in [1.807, 2.05) is 24.0 Å². The van der Waals surface area contributed by atoms with Crippen molar-refractivity contribution in [1.82, 2.24) is 9.78 Å². The molecule has 0 amide bonds. The standard InChI is InChI=1S/C9H9N2S/c1-7-5-9(10-11(7)2)8-3-4-12-6-8/h4-6H,1-2H3. The Hall–Kier alpha value is -1.09. The molecule has 2 nitrogen and oxygen atoms in total. The van der Waals surface area contributed by atoms with Crippen molar-refractivity contribution in [3.8, 4) is 11.3 Å². The molecule has 12 heavy (non-hydrogen) atoms. The molecule has 0 saturated carbocycles. The highest BCUT2D eigenvalue weighted by atomic mass is 32.1. The molecule has 0 aliphatic rings. The van der Waals surface area contributed by atoms with Crippen LogP contribution >= 0.6 is 11.3 Å². The lowest BCUT2D eigenvalue weighted by Gasteiger charge is -1.89. The van der Waals surface area contributed by atoms with E-state index in [0.29, 0.717) is 0 Å². The third-order valence-electron chi connectivity index (χ3n) is 1.86. The lowest BCUT2D eigenvalue weighted by molar-refractivity contribution is 0.743. The van der Waals surface area contributed by atoms with Crippen LogP contribution in [0.4, 0.5) is 0 Å². The summed E-state index contributed by atoms with van der Waals surface area (Å²) < 4.78 is 1.88. The lowest BCUT2D eigenvalue weighted by atomic mass is 10.2. The maximum atomic E-state index is 4.34. The Bertz CT molecular complexity index is 354. The van der Waals surface area contributed by atoms with Crippen molar-refractivity contribution in [2.24, 2.45) is 7.05 Å². The Morgan fingerprint density at radius 2 is 2.42 bits per heavy atom. The van der Waals surface area contributed by atoms with Crippen LogP contribution in [0.3, 0.4) is 0 Å². The Morgan fingerprint density at radius 3 is 2.92 bits per heavy atom. The molecule has 61 valence electrons. The molecule has 0 aliphatic heterocycles. The summed E-state index contributed by atoms with van der Waals surface area (Å²) in [5, 5.41) is 8.35. The van der Waals surface area contributed by atoms with Gasteiger partial charge in [0, 0.05) is 29.8 Å². The van der Waals surface area contributed by atoms with Crippen LogP contribution in [-0.2, 0) is 7.05 Å². The molecule has 0 aliphatic carbocycles. The van der Waals surface area contributed by atoms with Crippen LogP contribution in [0.5, 0.6) is 0 Å². The highest BCUT2D eigenvalue weighted by Crippen LogP contribution is 2.20. The zero-order valence-corrected chi connectivity index (χ0v) is 7.85. The van der Waals surface area contributed by atoms with E-state index in [0.717, 1.165) is 11.3 Å². The van der Waals surface area contributed by atoms with E-state index in [4.69, 9.17) is 0 Å². The third-order valence-corrected chi connectivity index (χ3v) is 2.48. The van der Waals surface area contributed by atoms with E-state index in [2.05, 4.69) is 22.6 Å². The van der Waals surface area contributed by atoms with Crippen molar-refractivity contribution in [3.05, 3.63) is 28.6 Å². The van der Waals surface area contributed by atoms with Gasteiger partial charge in [-0.1, -0.05) is 0 Å². The first-order valence-electron chi connectivity index (χ1n) is 3.72. The van der Waals surface area contributed by atoms with Crippen molar-refractivity contribution in [1.29, 1.82) is 0 Å². The first kappa shape index (κ1) is 7.55. The van der Waals surface area contributed by atoms with E-state index in [-0.39, 0.29) is 0 Å². The minimum absolute atomic E-state index is 1.01. The second-order valence-corrected chi connectivity index (χ2v) is 3.47. The van der Waals surface area contributed by atoms with Gasteiger partial charge in [0.25, 0.3) is 0 Å². The molecule has 2 aromatic heterocycles. The van der Waals surface area contributed by atoms with Crippen LogP contribution < -0.4 is 0 Å². The van der Waals surface area contributed by atoms with Crippen molar-refractivity contribution in [3.63, 3.8) is 0 Å². The summed E-state index contributed by atoms with van der Waals surface area (Å²) >= 11 is 1.64. The topological polar surface area (TPSA) is 17.8 Å². The molecule has 0 N–H and O–H groups in total. The zero-order chi connectivity index (χ0) is 8.55. The molecule has 3 heteroatoms. The van der Waals surface area contributed by atoms with Crippen molar-refractivity contribution in [2.75, 3.05) is 0 Å². The largest absolute Gasteiger partial charge is 0.272 e. The minimum Gasteiger partial charge on any atom is -0.272 e. The molecular formula is C9H9N2S. The molecule has 0 atom stereocenters. The van der Waals surface area contributed by atoms with Gasteiger partial charge in [-0.2, -0.15) is 16.4 Å². The highest BCUT2D eigenvalue weighted by molar-refractivity contribution is 7.08. The summed E-state index contributed by atoms with van der Waals surface area (Å²) in [4.78, 5) is 0. The summed E-state index contributed by atoms with van der Waals surface area (Å²) in [7, 11) is 1.95. The first-order valence-corrected chi connectivity index (χ1v) is 4.66. The number of thiophene rings is 1. The summed E-state index contributed by atoms with van der Waals surface area (Å²) in [5.74, 6) is 0. The summed E-state index contributed by atoms with van der Waals surface area (Å²) in [5.41, 5.74) is 3.27. The molecule has 0 unspecified atom stereocenters. The maximum Gasteiger partial charge on any atom is 0.0940 e. The predicted molar refractivity (Wildman–Crippen MR) is 50.1 cm³/mol. The smallest absolute Gasteiger partial charge is 0.0940 e. The monoisotopic (exact) mass is 177 g/mol. The first-order chi connectivity index (χ1) is 5.77. The van der Waals surface area contributed by atoms with Gasteiger partial charge < -0.3 is 0 Å². The average molecular weight is 177 g/mol. The Kier molecular flexibility index (Phi) is 1.73. The van der Waals surface area contributed by atoms with Crippen LogP contribution in [0.2, 0.25) is 0 Å². The van der Waals surface area contributed by atoms with Gasteiger partial charge in [0.15, 0.2) is 0 Å². The molecule has 2 aromatic rings. The Labute approximate surface area is 75.5 Å². The van der Waals surface area contributed by atoms with E-state index < -0.39 is 0 Å². The molecular weight excluding hydrogens is 168 g/mol. The fourth-order valence-electron chi connectivity index (χ4n) is 1.06. The third kappa shape index (κ3) is 1.16. The van der Waals surface area contributed by atoms with E-state index >= 15 is 0 Å². The normalized spacial score (nSPS) is 10.5. The highest BCUT2D eigenvalue weighted by Gasteiger charge is 2.03. The van der Waals surface area contributed by atoms with Crippen LogP contribution in [0, 0.1) is 13.0 Å². The SMILES string of the molecule is Cc1cc(-c2[c]csc2)nn1C. The molecule has 2 heterocycles. The molecule has 0 saturated heterocycles. The zero-order valence-electron chi connectivity index (χ0n) is 7.03. The summed E-state index contributed by atoms with van der Waals surface area (Å²) in [6, 6.07) is 5.20. The van der Waals surface area contributed by atoms with Crippen LogP contribution in [0.1, 0.15) is 5.69 Å². The number of rotatable bonds is 1. The molecule has 1 radical (unpaired) electrons. The van der Waals surface area contributed by atoms with Crippen LogP contribution in [0.15, 0.2) is 16.8 Å². The van der Waals surface area contributed by atoms with E-state index in [9.17, 15) is 0 Å². The molecule has 0 aromatic carbocycles. The fourth-order valence-corrected chi connectivity index (χ4v) is 1.65. The van der Waals surface area contributed by atoms with Gasteiger partial charge in [0.05, 0.1) is 5.69 Å². The number of hydrogen-bond donors (Lipinski definition) is 0. The van der Waals surface area contributed by atoms with Crippen LogP contribution in [0.25, 0.3) is 11.3 Å². The van der Waals surface area contributed by atoms with Gasteiger partial charge in [0.2, 0.25) is 0 Å². The van der Waals surface area contributed by atoms with Gasteiger partial charge in [-0.15, -0.1) is 0 Å². The van der Waals surface area contributed by atoms with Gasteiger partial charge in [-0.05, 0) is 18.4 Å². The molecule has 0 bridgehead atoms. The lowest BCUT2D eigenvalue weighted by Crippen LogP contribution is -1.91. The van der Waals surface area contributed by atoms with Crippen LogP contribution in [-0.4, -0.2) is 9.78 Å². The fraction of sp³-hybridized carbons (Fsp3) is 0.222. The number of hydrogen-bond acceptors (Lipinski definition) is 2. The van der Waals surface area contributed by atoms with Crippen molar-refractivity contribution < 1.29 is 0 Å². The van der Waals surface area contributed by atoms with Gasteiger partial charge >= 0.3 is 0 Å². The van der Waals surface area contributed by atoms with E-state index in [1.54, 1.807) is 11.3 Å². The van der Waals surface area contributed by atoms with Gasteiger partial charge in [-0.3, -0.25) is 4.68 Å². The van der Waals surface area contributed by atoms with Gasteiger partial charge in [0.1, 0.15) is 0 Å². The second kappa shape index (κ2) is 2.75. The molecule has 0 spiro atoms. The summed E-state index contributed by atoms with van der Waals surface area (Å²) in [6.07, 6.45) is 0. The number of aryl methyl sites for hydroxylation is 2. The number of aromatic nitrogens is 2. The number of nitrogens with zero attached hydrogens (tertiary/aromatic N) is 2. The second-order valence-electron chi connectivity index (χ2n) is 2.72. The quantitative estimate of drug-likeness (QED) is 0.653. The van der Waals surface area contributed by atoms with E-state index in [1.165, 1.54) is 5.69 Å². The average Bonchev–Trinajstić information content (AvgIpc) is 2.61. The van der Waals surface area contributed by atoms with Crippen molar-refractivity contribution in [2.45, 2.75) is 6.92 Å². The minimum atomic E-state index is 1.01. The summed E-state index contributed by atoms with van der Waals surface area (Å²) in [6.45, 7) is 2.04.